The molecule has 1 aliphatic heterocycles. The molecule has 2 fully saturated rings. The Bertz CT molecular complexity index is 275. The summed E-state index contributed by atoms with van der Waals surface area (Å²) in [5, 5.41) is 0. The molecular formula is C13H24N2O3. The minimum Gasteiger partial charge on any atom is -0.383 e. The van der Waals surface area contributed by atoms with Crippen LogP contribution < -0.4 is 0 Å². The maximum Gasteiger partial charge on any atom is 0.320 e. The van der Waals surface area contributed by atoms with Gasteiger partial charge < -0.3 is 19.3 Å². The smallest absolute Gasteiger partial charge is 0.320 e. The lowest BCUT2D eigenvalue weighted by molar-refractivity contribution is 0.0352. The first-order valence-electron chi connectivity index (χ1n) is 6.86. The van der Waals surface area contributed by atoms with E-state index in [4.69, 9.17) is 9.47 Å². The van der Waals surface area contributed by atoms with E-state index in [2.05, 4.69) is 6.92 Å². The van der Waals surface area contributed by atoms with Crippen molar-refractivity contribution < 1.29 is 14.3 Å². The minimum absolute atomic E-state index is 0.148. The summed E-state index contributed by atoms with van der Waals surface area (Å²) in [6.07, 6.45) is 2.50. The van der Waals surface area contributed by atoms with Crippen molar-refractivity contribution in [2.24, 2.45) is 5.92 Å². The van der Waals surface area contributed by atoms with Crippen LogP contribution in [0.3, 0.4) is 0 Å². The topological polar surface area (TPSA) is 42.0 Å². The fourth-order valence-electron chi connectivity index (χ4n) is 2.43. The number of ether oxygens (including phenoxy) is 2. The maximum atomic E-state index is 12.5. The minimum atomic E-state index is 0.148. The van der Waals surface area contributed by atoms with Gasteiger partial charge in [-0.05, 0) is 25.7 Å². The molecule has 2 amide bonds. The van der Waals surface area contributed by atoms with Crippen molar-refractivity contribution in [2.75, 3.05) is 46.6 Å². The van der Waals surface area contributed by atoms with E-state index in [1.165, 1.54) is 12.8 Å². The van der Waals surface area contributed by atoms with Crippen LogP contribution in [0.25, 0.3) is 0 Å². The molecule has 2 aliphatic rings. The fraction of sp³-hybridized carbons (Fsp3) is 0.923. The van der Waals surface area contributed by atoms with E-state index < -0.39 is 0 Å². The number of urea groups is 1. The molecule has 0 bridgehead atoms. The molecule has 1 saturated carbocycles. The van der Waals surface area contributed by atoms with Crippen molar-refractivity contribution in [1.82, 2.24) is 9.80 Å². The quantitative estimate of drug-likeness (QED) is 0.742. The number of nitrogens with zero attached hydrogens (tertiary/aromatic N) is 2. The Morgan fingerprint density at radius 1 is 1.44 bits per heavy atom. The molecule has 0 N–H and O–H groups in total. The van der Waals surface area contributed by atoms with Gasteiger partial charge >= 0.3 is 6.03 Å². The Labute approximate surface area is 109 Å². The molecule has 104 valence electrons. The van der Waals surface area contributed by atoms with Crippen molar-refractivity contribution in [3.63, 3.8) is 0 Å². The van der Waals surface area contributed by atoms with Gasteiger partial charge in [0.25, 0.3) is 0 Å². The van der Waals surface area contributed by atoms with Crippen molar-refractivity contribution >= 4 is 6.03 Å². The van der Waals surface area contributed by atoms with Gasteiger partial charge in [0.05, 0.1) is 19.8 Å². The summed E-state index contributed by atoms with van der Waals surface area (Å²) in [6, 6.07) is 0.477. The predicted octanol–water partition coefficient (Wildman–Crippen LogP) is 1.19. The average Bonchev–Trinajstić information content (AvgIpc) is 3.24. The van der Waals surface area contributed by atoms with E-state index >= 15 is 0 Å². The number of morpholine rings is 1. The molecule has 0 aromatic carbocycles. The van der Waals surface area contributed by atoms with Gasteiger partial charge in [-0.3, -0.25) is 0 Å². The number of carbonyl (C=O) groups is 1. The molecule has 1 heterocycles. The number of hydrogen-bond acceptors (Lipinski definition) is 3. The summed E-state index contributed by atoms with van der Waals surface area (Å²) in [7, 11) is 1.68. The monoisotopic (exact) mass is 256 g/mol. The average molecular weight is 256 g/mol. The highest BCUT2D eigenvalue weighted by atomic mass is 16.5. The molecule has 0 spiro atoms. The van der Waals surface area contributed by atoms with Crippen LogP contribution in [0, 0.1) is 5.92 Å². The molecule has 0 aromatic heterocycles. The highest BCUT2D eigenvalue weighted by Crippen LogP contribution is 2.35. The van der Waals surface area contributed by atoms with E-state index in [1.807, 2.05) is 9.80 Å². The summed E-state index contributed by atoms with van der Waals surface area (Å²) in [5.41, 5.74) is 0. The third kappa shape index (κ3) is 3.36. The first-order chi connectivity index (χ1) is 8.74. The van der Waals surface area contributed by atoms with E-state index in [-0.39, 0.29) is 6.03 Å². The molecule has 0 radical (unpaired) electrons. The maximum absolute atomic E-state index is 12.5. The molecule has 1 saturated heterocycles. The normalized spacial score (nSPS) is 21.8. The summed E-state index contributed by atoms with van der Waals surface area (Å²) in [4.78, 5) is 16.4. The van der Waals surface area contributed by atoms with Crippen LogP contribution in [-0.4, -0.2) is 68.4 Å². The SMILES string of the molecule is COCCN(C(=O)N1CCOCC1)C(C)C1CC1. The highest BCUT2D eigenvalue weighted by Gasteiger charge is 2.35. The first kappa shape index (κ1) is 13.6. The van der Waals surface area contributed by atoms with Gasteiger partial charge in [-0.1, -0.05) is 0 Å². The Morgan fingerprint density at radius 3 is 2.67 bits per heavy atom. The zero-order chi connectivity index (χ0) is 13.0. The molecule has 5 heteroatoms. The molecule has 1 unspecified atom stereocenters. The van der Waals surface area contributed by atoms with Crippen LogP contribution in [0.2, 0.25) is 0 Å². The Morgan fingerprint density at radius 2 is 2.11 bits per heavy atom. The van der Waals surface area contributed by atoms with Crippen molar-refractivity contribution in [2.45, 2.75) is 25.8 Å². The van der Waals surface area contributed by atoms with Gasteiger partial charge in [0.1, 0.15) is 0 Å². The van der Waals surface area contributed by atoms with Gasteiger partial charge in [0.2, 0.25) is 0 Å². The zero-order valence-corrected chi connectivity index (χ0v) is 11.4. The van der Waals surface area contributed by atoms with Crippen LogP contribution in [0.4, 0.5) is 4.79 Å². The third-order valence-electron chi connectivity index (χ3n) is 3.86. The molecule has 5 nitrogen and oxygen atoms in total. The second-order valence-corrected chi connectivity index (χ2v) is 5.15. The number of rotatable bonds is 5. The van der Waals surface area contributed by atoms with Crippen LogP contribution in [0.15, 0.2) is 0 Å². The predicted molar refractivity (Wildman–Crippen MR) is 68.6 cm³/mol. The van der Waals surface area contributed by atoms with E-state index in [0.29, 0.717) is 51.4 Å². The van der Waals surface area contributed by atoms with E-state index in [0.717, 1.165) is 0 Å². The molecule has 2 rings (SSSR count). The Kier molecular flexibility index (Phi) is 4.83. The summed E-state index contributed by atoms with van der Waals surface area (Å²) < 4.78 is 10.4. The second-order valence-electron chi connectivity index (χ2n) is 5.15. The van der Waals surface area contributed by atoms with Gasteiger partial charge in [-0.25, -0.2) is 4.79 Å². The van der Waals surface area contributed by atoms with Crippen LogP contribution >= 0.6 is 0 Å². The zero-order valence-electron chi connectivity index (χ0n) is 11.4. The molecular weight excluding hydrogens is 232 g/mol. The molecule has 0 aromatic rings. The van der Waals surface area contributed by atoms with Gasteiger partial charge in [0, 0.05) is 32.8 Å². The number of methoxy groups -OCH3 is 1. The summed E-state index contributed by atoms with van der Waals surface area (Å²) in [6.45, 7) is 6.17. The lowest BCUT2D eigenvalue weighted by atomic mass is 10.2. The van der Waals surface area contributed by atoms with E-state index in [9.17, 15) is 4.79 Å². The van der Waals surface area contributed by atoms with Crippen LogP contribution in [0.1, 0.15) is 19.8 Å². The number of carbonyl (C=O) groups excluding carboxylic acids is 1. The molecule has 1 aliphatic carbocycles. The Hall–Kier alpha value is -0.810. The molecule has 18 heavy (non-hydrogen) atoms. The third-order valence-corrected chi connectivity index (χ3v) is 3.86. The van der Waals surface area contributed by atoms with Gasteiger partial charge in [-0.2, -0.15) is 0 Å². The Balaban J connectivity index is 1.94. The number of amides is 2. The standard InChI is InChI=1S/C13H24N2O3/c1-11(12-3-4-12)15(7-8-17-2)13(16)14-5-9-18-10-6-14/h11-12H,3-10H2,1-2H3. The summed E-state index contributed by atoms with van der Waals surface area (Å²) in [5.74, 6) is 0.687. The van der Waals surface area contributed by atoms with E-state index in [1.54, 1.807) is 7.11 Å². The highest BCUT2D eigenvalue weighted by molar-refractivity contribution is 5.75. The lowest BCUT2D eigenvalue weighted by Crippen LogP contribution is -2.52. The van der Waals surface area contributed by atoms with Crippen molar-refractivity contribution in [3.05, 3.63) is 0 Å². The first-order valence-corrected chi connectivity index (χ1v) is 6.86. The largest absolute Gasteiger partial charge is 0.383 e. The number of hydrogen-bond donors (Lipinski definition) is 0. The molecule has 1 atom stereocenters. The fourth-order valence-corrected chi connectivity index (χ4v) is 2.43. The van der Waals surface area contributed by atoms with Gasteiger partial charge in [0.15, 0.2) is 0 Å². The van der Waals surface area contributed by atoms with Crippen molar-refractivity contribution in [3.8, 4) is 0 Å². The van der Waals surface area contributed by atoms with Crippen LogP contribution in [0.5, 0.6) is 0 Å². The van der Waals surface area contributed by atoms with Crippen molar-refractivity contribution in [1.29, 1.82) is 0 Å². The summed E-state index contributed by atoms with van der Waals surface area (Å²) >= 11 is 0. The van der Waals surface area contributed by atoms with Gasteiger partial charge in [-0.15, -0.1) is 0 Å². The second kappa shape index (κ2) is 6.38. The van der Waals surface area contributed by atoms with Crippen LogP contribution in [-0.2, 0) is 9.47 Å². The lowest BCUT2D eigenvalue weighted by Gasteiger charge is -2.36.